The van der Waals surface area contributed by atoms with Gasteiger partial charge < -0.3 is 25.7 Å². The maximum absolute atomic E-state index is 11.3. The average Bonchev–Trinajstić information content (AvgIpc) is 2.33. The van der Waals surface area contributed by atoms with E-state index in [-0.39, 0.29) is 0 Å². The quantitative estimate of drug-likeness (QED) is 0.199. The summed E-state index contributed by atoms with van der Waals surface area (Å²) in [7, 11) is 0. The lowest BCUT2D eigenvalue weighted by Crippen LogP contribution is -2.55. The lowest BCUT2D eigenvalue weighted by molar-refractivity contribution is -0.135. The SMILES string of the molecule is CC(=O)N[C@H](C(=O)N=[N+]=[N-])[C@@H](O)[C@H](O)[C@H](O)CO. The van der Waals surface area contributed by atoms with E-state index in [1.54, 1.807) is 0 Å². The van der Waals surface area contributed by atoms with E-state index in [4.69, 9.17) is 15.7 Å². The number of aliphatic hydroxyl groups is 4. The number of nitrogens with one attached hydrogen (secondary N) is 1. The molecule has 0 rings (SSSR count). The van der Waals surface area contributed by atoms with Gasteiger partial charge in [-0.3, -0.25) is 9.59 Å². The normalized spacial score (nSPS) is 16.9. The Morgan fingerprint density at radius 2 is 1.89 bits per heavy atom. The molecule has 0 saturated heterocycles. The van der Waals surface area contributed by atoms with Crippen LogP contribution in [0.25, 0.3) is 10.4 Å². The molecular weight excluding hydrogens is 248 g/mol. The van der Waals surface area contributed by atoms with Crippen molar-refractivity contribution in [2.75, 3.05) is 6.61 Å². The molecule has 0 spiro atoms. The molecule has 0 aliphatic rings. The van der Waals surface area contributed by atoms with Crippen molar-refractivity contribution in [1.29, 1.82) is 0 Å². The molecular formula is C8H14N4O6. The molecule has 18 heavy (non-hydrogen) atoms. The Morgan fingerprint density at radius 3 is 2.28 bits per heavy atom. The number of hydrogen-bond acceptors (Lipinski definition) is 6. The Bertz CT molecular complexity index is 355. The van der Waals surface area contributed by atoms with Gasteiger partial charge in [-0.25, -0.2) is 0 Å². The molecule has 0 aromatic carbocycles. The molecule has 0 radical (unpaired) electrons. The molecule has 5 N–H and O–H groups in total. The van der Waals surface area contributed by atoms with Gasteiger partial charge in [0.05, 0.1) is 6.61 Å². The molecule has 4 atom stereocenters. The summed E-state index contributed by atoms with van der Waals surface area (Å²) in [5.41, 5.74) is 8.09. The van der Waals surface area contributed by atoms with Gasteiger partial charge in [-0.05, 0) is 10.6 Å². The Labute approximate surface area is 101 Å². The van der Waals surface area contributed by atoms with Crippen LogP contribution in [0.15, 0.2) is 5.11 Å². The first-order valence-corrected chi connectivity index (χ1v) is 4.86. The zero-order valence-electron chi connectivity index (χ0n) is 9.46. The molecule has 0 fully saturated rings. The number of carbonyl (C=O) groups is 2. The molecule has 0 saturated carbocycles. The highest BCUT2D eigenvalue weighted by atomic mass is 16.4. The first-order valence-electron chi connectivity index (χ1n) is 4.86. The largest absolute Gasteiger partial charge is 0.394 e. The van der Waals surface area contributed by atoms with E-state index in [9.17, 15) is 19.8 Å². The standard InChI is InChI=1S/C8H14N4O6/c1-3(14)10-5(8(18)11-12-9)7(17)6(16)4(15)2-13/h4-7,13,15-17H,2H2,1H3,(H,10,14)/t4-,5+,6-,7-/m1/s1. The monoisotopic (exact) mass is 262 g/mol. The van der Waals surface area contributed by atoms with Gasteiger partial charge in [0.25, 0.3) is 0 Å². The van der Waals surface area contributed by atoms with Crippen molar-refractivity contribution in [2.45, 2.75) is 31.3 Å². The van der Waals surface area contributed by atoms with Crippen LogP contribution in [0, 0.1) is 0 Å². The average molecular weight is 262 g/mol. The van der Waals surface area contributed by atoms with E-state index in [1.807, 2.05) is 5.32 Å². The smallest absolute Gasteiger partial charge is 0.243 e. The lowest BCUT2D eigenvalue weighted by atomic mass is 10.0. The fraction of sp³-hybridized carbons (Fsp3) is 0.750. The number of azide groups is 1. The summed E-state index contributed by atoms with van der Waals surface area (Å²) in [6, 6.07) is -1.71. The highest BCUT2D eigenvalue weighted by Gasteiger charge is 2.35. The van der Waals surface area contributed by atoms with Crippen LogP contribution < -0.4 is 5.32 Å². The highest BCUT2D eigenvalue weighted by molar-refractivity contribution is 5.88. The van der Waals surface area contributed by atoms with Crippen LogP contribution in [0.4, 0.5) is 0 Å². The Kier molecular flexibility index (Phi) is 6.86. The third-order valence-corrected chi connectivity index (χ3v) is 2.04. The number of nitrogens with zero attached hydrogens (tertiary/aromatic N) is 3. The van der Waals surface area contributed by atoms with Crippen molar-refractivity contribution in [3.63, 3.8) is 0 Å². The van der Waals surface area contributed by atoms with Gasteiger partial charge >= 0.3 is 0 Å². The molecule has 0 aromatic heterocycles. The van der Waals surface area contributed by atoms with Crippen LogP contribution in [0.2, 0.25) is 0 Å². The molecule has 10 heteroatoms. The second-order valence-corrected chi connectivity index (χ2v) is 3.44. The van der Waals surface area contributed by atoms with Gasteiger partial charge in [-0.1, -0.05) is 0 Å². The fourth-order valence-corrected chi connectivity index (χ4v) is 1.15. The molecule has 10 nitrogen and oxygen atoms in total. The summed E-state index contributed by atoms with van der Waals surface area (Å²) in [5, 5.41) is 41.3. The first kappa shape index (κ1) is 16.3. The van der Waals surface area contributed by atoms with E-state index in [0.717, 1.165) is 6.92 Å². The van der Waals surface area contributed by atoms with Crippen LogP contribution in [0.1, 0.15) is 6.92 Å². The minimum absolute atomic E-state index is 0.716. The molecule has 0 bridgehead atoms. The summed E-state index contributed by atoms with van der Waals surface area (Å²) >= 11 is 0. The van der Waals surface area contributed by atoms with Crippen LogP contribution in [0.3, 0.4) is 0 Å². The first-order chi connectivity index (χ1) is 8.34. The summed E-state index contributed by atoms with van der Waals surface area (Å²) in [4.78, 5) is 24.3. The number of carbonyl (C=O) groups excluding carboxylic acids is 2. The fourth-order valence-electron chi connectivity index (χ4n) is 1.15. The van der Waals surface area contributed by atoms with Crippen LogP contribution in [-0.4, -0.2) is 63.2 Å². The van der Waals surface area contributed by atoms with Crippen LogP contribution >= 0.6 is 0 Å². The Morgan fingerprint density at radius 1 is 1.33 bits per heavy atom. The van der Waals surface area contributed by atoms with Crippen molar-refractivity contribution >= 4 is 11.8 Å². The Hall–Kier alpha value is -1.71. The predicted molar refractivity (Wildman–Crippen MR) is 56.9 cm³/mol. The molecule has 0 aliphatic heterocycles. The third-order valence-electron chi connectivity index (χ3n) is 2.04. The van der Waals surface area contributed by atoms with Crippen LogP contribution in [0.5, 0.6) is 0 Å². The van der Waals surface area contributed by atoms with Gasteiger partial charge in [0.15, 0.2) is 0 Å². The van der Waals surface area contributed by atoms with Gasteiger partial charge in [0.1, 0.15) is 24.4 Å². The van der Waals surface area contributed by atoms with E-state index in [2.05, 4.69) is 10.0 Å². The number of rotatable bonds is 6. The van der Waals surface area contributed by atoms with Gasteiger partial charge in [0.2, 0.25) is 11.8 Å². The van der Waals surface area contributed by atoms with Crippen LogP contribution in [-0.2, 0) is 9.59 Å². The second kappa shape index (κ2) is 7.58. The maximum Gasteiger partial charge on any atom is 0.243 e. The molecule has 0 heterocycles. The van der Waals surface area contributed by atoms with E-state index in [0.29, 0.717) is 0 Å². The third kappa shape index (κ3) is 4.65. The summed E-state index contributed by atoms with van der Waals surface area (Å²) in [6.45, 7) is 0.179. The highest BCUT2D eigenvalue weighted by Crippen LogP contribution is 2.07. The van der Waals surface area contributed by atoms with E-state index >= 15 is 0 Å². The van der Waals surface area contributed by atoms with Crippen molar-refractivity contribution in [2.24, 2.45) is 5.11 Å². The summed E-state index contributed by atoms with van der Waals surface area (Å²) in [6.07, 6.45) is -5.55. The van der Waals surface area contributed by atoms with E-state index in [1.165, 1.54) is 0 Å². The van der Waals surface area contributed by atoms with Crippen molar-refractivity contribution < 1.29 is 30.0 Å². The number of hydrogen-bond donors (Lipinski definition) is 5. The number of aliphatic hydroxyl groups excluding tert-OH is 4. The summed E-state index contributed by atoms with van der Waals surface area (Å²) < 4.78 is 0. The maximum atomic E-state index is 11.3. The van der Waals surface area contributed by atoms with Crippen molar-refractivity contribution in [3.8, 4) is 0 Å². The van der Waals surface area contributed by atoms with Crippen molar-refractivity contribution in [3.05, 3.63) is 10.4 Å². The zero-order chi connectivity index (χ0) is 14.3. The molecule has 0 unspecified atom stereocenters. The molecule has 2 amide bonds. The van der Waals surface area contributed by atoms with E-state index < -0.39 is 42.8 Å². The topological polar surface area (TPSA) is 176 Å². The minimum Gasteiger partial charge on any atom is -0.394 e. The predicted octanol–water partition coefficient (Wildman–Crippen LogP) is -2.60. The number of amides is 2. The second-order valence-electron chi connectivity index (χ2n) is 3.44. The molecule has 0 aliphatic carbocycles. The summed E-state index contributed by atoms with van der Waals surface area (Å²) in [5.74, 6) is -1.95. The van der Waals surface area contributed by atoms with Gasteiger partial charge in [-0.15, -0.1) is 0 Å². The van der Waals surface area contributed by atoms with Gasteiger partial charge in [0, 0.05) is 11.8 Å². The molecule has 102 valence electrons. The lowest BCUT2D eigenvalue weighted by Gasteiger charge is -2.27. The minimum atomic E-state index is -1.94. The van der Waals surface area contributed by atoms with Gasteiger partial charge in [-0.2, -0.15) is 0 Å². The van der Waals surface area contributed by atoms with Crippen molar-refractivity contribution in [1.82, 2.24) is 5.32 Å². The zero-order valence-corrected chi connectivity index (χ0v) is 9.46. The Balaban J connectivity index is 5.00. The molecule has 0 aromatic rings.